The Morgan fingerprint density at radius 2 is 2.20 bits per heavy atom. The van der Waals surface area contributed by atoms with E-state index >= 15 is 0 Å². The van der Waals surface area contributed by atoms with Crippen LogP contribution < -0.4 is 15.4 Å². The van der Waals surface area contributed by atoms with Crippen LogP contribution in [0.4, 0.5) is 4.79 Å². The topological polar surface area (TPSA) is 70.7 Å². The zero-order valence-corrected chi connectivity index (χ0v) is 15.0. The highest BCUT2D eigenvalue weighted by Crippen LogP contribution is 2.29. The third-order valence-corrected chi connectivity index (χ3v) is 5.38. The van der Waals surface area contributed by atoms with Crippen molar-refractivity contribution in [2.24, 2.45) is 5.92 Å². The second-order valence-electron chi connectivity index (χ2n) is 7.10. The van der Waals surface area contributed by atoms with Crippen molar-refractivity contribution in [3.05, 3.63) is 29.8 Å². The number of likely N-dealkylation sites (tertiary alicyclic amines) is 1. The van der Waals surface area contributed by atoms with E-state index in [2.05, 4.69) is 34.6 Å². The average Bonchev–Trinajstić information content (AvgIpc) is 2.88. The molecule has 2 fully saturated rings. The summed E-state index contributed by atoms with van der Waals surface area (Å²) in [5.74, 6) is 0.815. The van der Waals surface area contributed by atoms with Gasteiger partial charge in [0.15, 0.2) is 0 Å². The largest absolute Gasteiger partial charge is 0.492 e. The Morgan fingerprint density at radius 3 is 2.92 bits per heavy atom. The van der Waals surface area contributed by atoms with Crippen molar-refractivity contribution in [3.8, 4) is 5.75 Å². The molecule has 2 atom stereocenters. The van der Waals surface area contributed by atoms with E-state index in [1.54, 1.807) is 0 Å². The highest BCUT2D eigenvalue weighted by molar-refractivity contribution is 6.06. The molecule has 0 bridgehead atoms. The lowest BCUT2D eigenvalue weighted by Gasteiger charge is -2.39. The van der Waals surface area contributed by atoms with Crippen LogP contribution in [0, 0.1) is 5.92 Å². The van der Waals surface area contributed by atoms with Gasteiger partial charge in [0.25, 0.3) is 5.91 Å². The highest BCUT2D eigenvalue weighted by Gasteiger charge is 2.48. The van der Waals surface area contributed by atoms with Crippen molar-refractivity contribution in [1.29, 1.82) is 0 Å². The predicted molar refractivity (Wildman–Crippen MR) is 95.6 cm³/mol. The molecule has 6 heteroatoms. The lowest BCUT2D eigenvalue weighted by atomic mass is 9.80. The molecule has 6 nitrogen and oxygen atoms in total. The van der Waals surface area contributed by atoms with E-state index < -0.39 is 5.54 Å². The first-order valence-electron chi connectivity index (χ1n) is 9.09. The zero-order valence-electron chi connectivity index (χ0n) is 15.0. The Labute approximate surface area is 148 Å². The SMILES string of the molecule is CCc1cccc(OCCN2CCCC(C3(C)NC(=O)NC3=O)C2)c1. The van der Waals surface area contributed by atoms with Crippen LogP contribution in [0.5, 0.6) is 5.75 Å². The maximum atomic E-state index is 12.1. The average molecular weight is 345 g/mol. The van der Waals surface area contributed by atoms with Gasteiger partial charge >= 0.3 is 6.03 Å². The van der Waals surface area contributed by atoms with Crippen LogP contribution in [0.15, 0.2) is 24.3 Å². The maximum absolute atomic E-state index is 12.1. The molecule has 25 heavy (non-hydrogen) atoms. The fraction of sp³-hybridized carbons (Fsp3) is 0.579. The number of hydrogen-bond acceptors (Lipinski definition) is 4. The Morgan fingerprint density at radius 1 is 1.36 bits per heavy atom. The van der Waals surface area contributed by atoms with Crippen molar-refractivity contribution < 1.29 is 14.3 Å². The van der Waals surface area contributed by atoms with Crippen LogP contribution in [0.2, 0.25) is 0 Å². The number of nitrogens with zero attached hydrogens (tertiary/aromatic N) is 1. The molecular formula is C19H27N3O3. The van der Waals surface area contributed by atoms with Gasteiger partial charge in [-0.1, -0.05) is 19.1 Å². The molecule has 1 aromatic carbocycles. The smallest absolute Gasteiger partial charge is 0.322 e. The van der Waals surface area contributed by atoms with Crippen LogP contribution in [0.25, 0.3) is 0 Å². The lowest BCUT2D eigenvalue weighted by molar-refractivity contribution is -0.126. The third kappa shape index (κ3) is 3.95. The molecule has 2 saturated heterocycles. The molecular weight excluding hydrogens is 318 g/mol. The van der Waals surface area contributed by atoms with Crippen molar-refractivity contribution >= 4 is 11.9 Å². The monoisotopic (exact) mass is 345 g/mol. The van der Waals surface area contributed by atoms with E-state index in [9.17, 15) is 9.59 Å². The van der Waals surface area contributed by atoms with Crippen LogP contribution >= 0.6 is 0 Å². The molecule has 2 aliphatic rings. The number of rotatable bonds is 6. The normalized spacial score (nSPS) is 27.0. The third-order valence-electron chi connectivity index (χ3n) is 5.38. The van der Waals surface area contributed by atoms with Gasteiger partial charge in [-0.25, -0.2) is 4.79 Å². The summed E-state index contributed by atoms with van der Waals surface area (Å²) < 4.78 is 5.88. The summed E-state index contributed by atoms with van der Waals surface area (Å²) in [6.07, 6.45) is 2.96. The van der Waals surface area contributed by atoms with Gasteiger partial charge in [-0.05, 0) is 50.4 Å². The fourth-order valence-corrected chi connectivity index (χ4v) is 3.72. The molecule has 0 saturated carbocycles. The summed E-state index contributed by atoms with van der Waals surface area (Å²) >= 11 is 0. The minimum absolute atomic E-state index is 0.121. The molecule has 2 N–H and O–H groups in total. The van der Waals surface area contributed by atoms with Crippen molar-refractivity contribution in [3.63, 3.8) is 0 Å². The Bertz CT molecular complexity index is 649. The van der Waals surface area contributed by atoms with E-state index in [-0.39, 0.29) is 17.9 Å². The number of hydrogen-bond donors (Lipinski definition) is 2. The Kier molecular flexibility index (Phi) is 5.27. The zero-order chi connectivity index (χ0) is 17.9. The van der Waals surface area contributed by atoms with Gasteiger partial charge in [0.2, 0.25) is 0 Å². The molecule has 2 heterocycles. The second-order valence-corrected chi connectivity index (χ2v) is 7.10. The van der Waals surface area contributed by atoms with Crippen LogP contribution in [-0.2, 0) is 11.2 Å². The quantitative estimate of drug-likeness (QED) is 0.773. The van der Waals surface area contributed by atoms with E-state index in [1.807, 2.05) is 19.1 Å². The summed E-state index contributed by atoms with van der Waals surface area (Å²) in [5, 5.41) is 5.17. The van der Waals surface area contributed by atoms with Gasteiger partial charge in [-0.3, -0.25) is 15.0 Å². The number of benzene rings is 1. The number of carbonyl (C=O) groups excluding carboxylic acids is 2. The molecule has 2 aliphatic heterocycles. The molecule has 3 amide bonds. The van der Waals surface area contributed by atoms with Gasteiger partial charge in [-0.15, -0.1) is 0 Å². The van der Waals surface area contributed by atoms with Gasteiger partial charge < -0.3 is 10.1 Å². The summed E-state index contributed by atoms with van der Waals surface area (Å²) in [7, 11) is 0. The Hall–Kier alpha value is -2.08. The molecule has 136 valence electrons. The number of nitrogens with one attached hydrogen (secondary N) is 2. The Balaban J connectivity index is 1.52. The van der Waals surface area contributed by atoms with Crippen molar-refractivity contribution in [1.82, 2.24) is 15.5 Å². The first-order chi connectivity index (χ1) is 12.0. The molecule has 0 radical (unpaired) electrons. The lowest BCUT2D eigenvalue weighted by Crippen LogP contribution is -2.56. The second kappa shape index (κ2) is 7.44. The first kappa shape index (κ1) is 17.7. The molecule has 0 aromatic heterocycles. The van der Waals surface area contributed by atoms with Crippen LogP contribution in [-0.4, -0.2) is 48.6 Å². The molecule has 0 aliphatic carbocycles. The van der Waals surface area contributed by atoms with Crippen LogP contribution in [0.1, 0.15) is 32.3 Å². The van der Waals surface area contributed by atoms with Gasteiger partial charge in [-0.2, -0.15) is 0 Å². The molecule has 1 aromatic rings. The first-order valence-corrected chi connectivity index (χ1v) is 9.09. The van der Waals surface area contributed by atoms with E-state index in [0.29, 0.717) is 6.61 Å². The summed E-state index contributed by atoms with van der Waals surface area (Å²) in [4.78, 5) is 26.0. The molecule has 3 rings (SSSR count). The van der Waals surface area contributed by atoms with Crippen LogP contribution in [0.3, 0.4) is 0 Å². The number of ether oxygens (including phenoxy) is 1. The number of imide groups is 1. The minimum Gasteiger partial charge on any atom is -0.492 e. The van der Waals surface area contributed by atoms with Gasteiger partial charge in [0.1, 0.15) is 17.9 Å². The fourth-order valence-electron chi connectivity index (χ4n) is 3.72. The van der Waals surface area contributed by atoms with Gasteiger partial charge in [0.05, 0.1) is 0 Å². The van der Waals surface area contributed by atoms with Crippen molar-refractivity contribution in [2.45, 2.75) is 38.6 Å². The summed E-state index contributed by atoms with van der Waals surface area (Å²) in [5.41, 5.74) is 0.470. The summed E-state index contributed by atoms with van der Waals surface area (Å²) in [6.45, 7) is 7.19. The minimum atomic E-state index is -0.800. The molecule has 0 spiro atoms. The van der Waals surface area contributed by atoms with Gasteiger partial charge in [0, 0.05) is 19.0 Å². The van der Waals surface area contributed by atoms with E-state index in [4.69, 9.17) is 4.74 Å². The van der Waals surface area contributed by atoms with E-state index in [1.165, 1.54) is 5.56 Å². The number of urea groups is 1. The number of piperidine rings is 1. The standard InChI is InChI=1S/C19H27N3O3/c1-3-14-6-4-8-16(12-14)25-11-10-22-9-5-7-15(13-22)19(2)17(23)20-18(24)21-19/h4,6,8,12,15H,3,5,7,9-11,13H2,1-2H3,(H2,20,21,23,24). The number of amides is 3. The van der Waals surface area contributed by atoms with Crippen molar-refractivity contribution in [2.75, 3.05) is 26.2 Å². The summed E-state index contributed by atoms with van der Waals surface area (Å²) in [6, 6.07) is 7.80. The predicted octanol–water partition coefficient (Wildman–Crippen LogP) is 1.94. The molecule has 2 unspecified atom stereocenters. The highest BCUT2D eigenvalue weighted by atomic mass is 16.5. The van der Waals surface area contributed by atoms with E-state index in [0.717, 1.165) is 44.6 Å². The number of carbonyl (C=O) groups is 2. The number of aryl methyl sites for hydroxylation is 1. The maximum Gasteiger partial charge on any atom is 0.322 e.